The van der Waals surface area contributed by atoms with Crippen molar-refractivity contribution in [3.05, 3.63) is 111 Å². The Bertz CT molecular complexity index is 1770. The SMILES string of the molecule is Cc1cc2nccc(Oc3ccc(CC(=O)c4cnc(N)n(-c5ccc(F)cc5)c4=O)cc3F)c2nc1C. The molecule has 0 aliphatic heterocycles. The number of ketones is 1. The molecule has 0 aliphatic rings. The molecular formula is C28H21F2N5O3. The van der Waals surface area contributed by atoms with E-state index in [1.54, 1.807) is 12.3 Å². The van der Waals surface area contributed by atoms with Gasteiger partial charge in [-0.25, -0.2) is 23.3 Å². The Morgan fingerprint density at radius 1 is 1.00 bits per heavy atom. The number of benzene rings is 2. The van der Waals surface area contributed by atoms with Crippen LogP contribution < -0.4 is 16.0 Å². The lowest BCUT2D eigenvalue weighted by atomic mass is 10.0. The van der Waals surface area contributed by atoms with E-state index in [-0.39, 0.29) is 29.4 Å². The summed E-state index contributed by atoms with van der Waals surface area (Å²) in [5.74, 6) is -1.63. The van der Waals surface area contributed by atoms with E-state index in [1.165, 1.54) is 30.3 Å². The van der Waals surface area contributed by atoms with Crippen molar-refractivity contribution >= 4 is 22.8 Å². The van der Waals surface area contributed by atoms with Gasteiger partial charge in [0.1, 0.15) is 16.9 Å². The lowest BCUT2D eigenvalue weighted by molar-refractivity contribution is 0.0991. The second-order valence-corrected chi connectivity index (χ2v) is 8.68. The van der Waals surface area contributed by atoms with E-state index < -0.39 is 23.0 Å². The Morgan fingerprint density at radius 2 is 1.76 bits per heavy atom. The van der Waals surface area contributed by atoms with Gasteiger partial charge in [0.05, 0.1) is 11.2 Å². The number of pyridine rings is 2. The molecule has 0 bridgehead atoms. The van der Waals surface area contributed by atoms with Crippen molar-refractivity contribution in [3.8, 4) is 17.2 Å². The molecule has 3 aromatic heterocycles. The summed E-state index contributed by atoms with van der Waals surface area (Å²) in [6.07, 6.45) is 2.37. The average Bonchev–Trinajstić information content (AvgIpc) is 2.88. The summed E-state index contributed by atoms with van der Waals surface area (Å²) in [5.41, 5.74) is 8.38. The summed E-state index contributed by atoms with van der Waals surface area (Å²) in [7, 11) is 0. The predicted octanol–water partition coefficient (Wildman–Crippen LogP) is 4.87. The number of Topliss-reactive ketones (excluding diaryl/α,β-unsaturated/α-hetero) is 1. The molecule has 0 radical (unpaired) electrons. The van der Waals surface area contributed by atoms with Crippen LogP contribution in [0.15, 0.2) is 71.8 Å². The highest BCUT2D eigenvalue weighted by atomic mass is 19.1. The van der Waals surface area contributed by atoms with Gasteiger partial charge in [-0.2, -0.15) is 0 Å². The molecule has 0 spiro atoms. The number of carbonyl (C=O) groups is 1. The van der Waals surface area contributed by atoms with Crippen LogP contribution in [-0.4, -0.2) is 25.3 Å². The fraction of sp³-hybridized carbons (Fsp3) is 0.107. The summed E-state index contributed by atoms with van der Waals surface area (Å²) < 4.78 is 35.1. The van der Waals surface area contributed by atoms with Crippen LogP contribution in [0.25, 0.3) is 16.7 Å². The number of fused-ring (bicyclic) bond motifs is 1. The Morgan fingerprint density at radius 3 is 2.50 bits per heavy atom. The van der Waals surface area contributed by atoms with Gasteiger partial charge in [0.25, 0.3) is 5.56 Å². The largest absolute Gasteiger partial charge is 0.452 e. The van der Waals surface area contributed by atoms with Gasteiger partial charge in [-0.1, -0.05) is 6.07 Å². The first-order chi connectivity index (χ1) is 18.2. The van der Waals surface area contributed by atoms with E-state index in [0.717, 1.165) is 34.2 Å². The van der Waals surface area contributed by atoms with Crippen LogP contribution in [-0.2, 0) is 6.42 Å². The third kappa shape index (κ3) is 4.71. The number of aryl methyl sites for hydroxylation is 2. The molecule has 5 aromatic rings. The predicted molar refractivity (Wildman–Crippen MR) is 138 cm³/mol. The Hall–Kier alpha value is -4.99. The van der Waals surface area contributed by atoms with Crippen molar-refractivity contribution in [1.29, 1.82) is 0 Å². The number of ether oxygens (including phenoxy) is 1. The van der Waals surface area contributed by atoms with Crippen molar-refractivity contribution < 1.29 is 18.3 Å². The van der Waals surface area contributed by atoms with E-state index in [0.29, 0.717) is 22.3 Å². The number of nitrogens with two attached hydrogens (primary N) is 1. The highest BCUT2D eigenvalue weighted by Gasteiger charge is 2.18. The normalized spacial score (nSPS) is 11.1. The van der Waals surface area contributed by atoms with E-state index in [1.807, 2.05) is 19.9 Å². The second-order valence-electron chi connectivity index (χ2n) is 8.68. The number of nitrogen functional groups attached to an aromatic ring is 1. The van der Waals surface area contributed by atoms with Gasteiger partial charge in [-0.3, -0.25) is 14.6 Å². The number of hydrogen-bond donors (Lipinski definition) is 1. The maximum Gasteiger partial charge on any atom is 0.270 e. The molecule has 0 saturated heterocycles. The van der Waals surface area contributed by atoms with Crippen LogP contribution in [0, 0.1) is 25.5 Å². The average molecular weight is 514 g/mol. The van der Waals surface area contributed by atoms with E-state index in [9.17, 15) is 18.4 Å². The number of carbonyl (C=O) groups excluding carboxylic acids is 1. The van der Waals surface area contributed by atoms with Crippen molar-refractivity contribution in [2.24, 2.45) is 0 Å². The molecule has 0 unspecified atom stereocenters. The number of anilines is 1. The summed E-state index contributed by atoms with van der Waals surface area (Å²) in [4.78, 5) is 38.7. The quantitative estimate of drug-likeness (QED) is 0.322. The second kappa shape index (κ2) is 9.81. The summed E-state index contributed by atoms with van der Waals surface area (Å²) >= 11 is 0. The van der Waals surface area contributed by atoms with Gasteiger partial charge in [-0.05, 0) is 67.4 Å². The monoisotopic (exact) mass is 513 g/mol. The molecule has 190 valence electrons. The van der Waals surface area contributed by atoms with Crippen molar-refractivity contribution in [2.75, 3.05) is 5.73 Å². The van der Waals surface area contributed by atoms with Gasteiger partial charge < -0.3 is 10.5 Å². The standard InChI is InChI=1S/C28H21F2N5O3/c1-15-11-22-26(34-16(15)2)25(9-10-32-22)38-24-8-3-17(12-21(24)30)13-23(36)20-14-33-28(31)35(27(20)37)19-6-4-18(29)5-7-19/h3-12,14H,13H2,1-2H3,(H2,31,33). The molecule has 5 rings (SSSR count). The molecule has 2 N–H and O–H groups in total. The number of halogens is 2. The molecule has 3 heterocycles. The number of aromatic nitrogens is 4. The van der Waals surface area contributed by atoms with Crippen molar-refractivity contribution in [1.82, 2.24) is 19.5 Å². The molecule has 2 aromatic carbocycles. The first kappa shape index (κ1) is 24.7. The van der Waals surface area contributed by atoms with Gasteiger partial charge >= 0.3 is 0 Å². The van der Waals surface area contributed by atoms with Gasteiger partial charge in [-0.15, -0.1) is 0 Å². The Kier molecular flexibility index (Phi) is 6.38. The van der Waals surface area contributed by atoms with Crippen LogP contribution in [0.5, 0.6) is 11.5 Å². The summed E-state index contributed by atoms with van der Waals surface area (Å²) in [5, 5.41) is 0. The summed E-state index contributed by atoms with van der Waals surface area (Å²) in [6.45, 7) is 3.79. The number of hydrogen-bond acceptors (Lipinski definition) is 7. The molecule has 38 heavy (non-hydrogen) atoms. The highest BCUT2D eigenvalue weighted by Crippen LogP contribution is 2.30. The van der Waals surface area contributed by atoms with Crippen LogP contribution in [0.3, 0.4) is 0 Å². The Balaban J connectivity index is 1.40. The minimum atomic E-state index is -0.711. The number of rotatable bonds is 6. The van der Waals surface area contributed by atoms with Gasteiger partial charge in [0.2, 0.25) is 5.95 Å². The van der Waals surface area contributed by atoms with Crippen LogP contribution in [0.1, 0.15) is 27.2 Å². The molecule has 0 saturated carbocycles. The molecule has 0 amide bonds. The maximum atomic E-state index is 15.0. The van der Waals surface area contributed by atoms with E-state index in [4.69, 9.17) is 10.5 Å². The van der Waals surface area contributed by atoms with Crippen LogP contribution >= 0.6 is 0 Å². The summed E-state index contributed by atoms with van der Waals surface area (Å²) in [6, 6.07) is 12.6. The zero-order chi connectivity index (χ0) is 27.0. The molecular weight excluding hydrogens is 492 g/mol. The van der Waals surface area contributed by atoms with Gasteiger partial charge in [0, 0.05) is 30.6 Å². The number of nitrogens with zero attached hydrogens (tertiary/aromatic N) is 4. The topological polar surface area (TPSA) is 113 Å². The molecule has 0 atom stereocenters. The highest BCUT2D eigenvalue weighted by molar-refractivity contribution is 5.97. The molecule has 10 heteroatoms. The van der Waals surface area contributed by atoms with E-state index in [2.05, 4.69) is 15.0 Å². The first-order valence-corrected chi connectivity index (χ1v) is 11.6. The zero-order valence-corrected chi connectivity index (χ0v) is 20.4. The van der Waals surface area contributed by atoms with Crippen LogP contribution in [0.2, 0.25) is 0 Å². The zero-order valence-electron chi connectivity index (χ0n) is 20.4. The van der Waals surface area contributed by atoms with E-state index >= 15 is 0 Å². The van der Waals surface area contributed by atoms with Crippen molar-refractivity contribution in [2.45, 2.75) is 20.3 Å². The lowest BCUT2D eigenvalue weighted by Gasteiger charge is -2.12. The molecule has 8 nitrogen and oxygen atoms in total. The fourth-order valence-electron chi connectivity index (χ4n) is 3.95. The third-order valence-corrected chi connectivity index (χ3v) is 6.07. The minimum absolute atomic E-state index is 0.0541. The van der Waals surface area contributed by atoms with Crippen molar-refractivity contribution in [3.63, 3.8) is 0 Å². The Labute approximate surface area is 215 Å². The fourth-order valence-corrected chi connectivity index (χ4v) is 3.95. The lowest BCUT2D eigenvalue weighted by Crippen LogP contribution is -2.28. The maximum absolute atomic E-state index is 15.0. The van der Waals surface area contributed by atoms with Gasteiger partial charge in [0.15, 0.2) is 23.1 Å². The molecule has 0 aliphatic carbocycles. The first-order valence-electron chi connectivity index (χ1n) is 11.6. The third-order valence-electron chi connectivity index (χ3n) is 6.07. The molecule has 0 fully saturated rings. The smallest absolute Gasteiger partial charge is 0.270 e. The van der Waals surface area contributed by atoms with Crippen LogP contribution in [0.4, 0.5) is 14.7 Å². The minimum Gasteiger partial charge on any atom is -0.452 e.